The summed E-state index contributed by atoms with van der Waals surface area (Å²) in [7, 11) is -4.36. The molecule has 0 saturated carbocycles. The van der Waals surface area contributed by atoms with Crippen LogP contribution in [0.1, 0.15) is 61.9 Å². The molecule has 1 aliphatic carbocycles. The summed E-state index contributed by atoms with van der Waals surface area (Å²) in [4.78, 5) is 28.7. The van der Waals surface area contributed by atoms with Crippen LogP contribution in [-0.2, 0) is 10.0 Å². The maximum Gasteiger partial charge on any atom is 0.293 e. The number of piperazine rings is 1. The van der Waals surface area contributed by atoms with Crippen molar-refractivity contribution >= 4 is 50.2 Å². The van der Waals surface area contributed by atoms with Crippen molar-refractivity contribution in [3.8, 4) is 0 Å². The molecule has 6 rings (SSSR count). The zero-order chi connectivity index (χ0) is 36.2. The van der Waals surface area contributed by atoms with Crippen LogP contribution in [0.25, 0.3) is 5.57 Å². The van der Waals surface area contributed by atoms with E-state index in [0.29, 0.717) is 12.5 Å². The van der Waals surface area contributed by atoms with Gasteiger partial charge in [0, 0.05) is 61.6 Å². The zero-order valence-electron chi connectivity index (χ0n) is 29.3. The summed E-state index contributed by atoms with van der Waals surface area (Å²) in [6.45, 7) is 11.4. The van der Waals surface area contributed by atoms with Gasteiger partial charge in [-0.3, -0.25) is 19.8 Å². The highest BCUT2D eigenvalue weighted by molar-refractivity contribution is 7.90. The number of piperidine rings is 1. The number of anilines is 2. The fraction of sp³-hybridized carbons (Fsp3) is 0.447. The number of allylic oxidation sites excluding steroid dienone is 1. The highest BCUT2D eigenvalue weighted by Gasteiger charge is 2.30. The smallest absolute Gasteiger partial charge is 0.293 e. The van der Waals surface area contributed by atoms with E-state index in [4.69, 9.17) is 11.6 Å². The lowest BCUT2D eigenvalue weighted by molar-refractivity contribution is -0.384. The maximum absolute atomic E-state index is 13.1. The third-order valence-electron chi connectivity index (χ3n) is 10.4. The van der Waals surface area contributed by atoms with Crippen LogP contribution in [0.15, 0.2) is 77.2 Å². The average molecular weight is 735 g/mol. The molecule has 11 nitrogen and oxygen atoms in total. The Hall–Kier alpha value is -3.97. The van der Waals surface area contributed by atoms with Gasteiger partial charge >= 0.3 is 0 Å². The molecule has 0 radical (unpaired) electrons. The standard InChI is InChI=1S/C38H47ClN6O5S/c1-38(2)16-13-30(34(24-38)28-3-7-31(39)8-4-28)26-43-19-21-44(22-20-43)32-9-5-29(6-10-32)37(46)42-51(49,50)33-11-12-35(36(23-33)45(47)48)41-25-27-14-17-40-18-15-27/h3-12,23,27,40-41H,13-22,24-26H2,1-2H3,(H,42,46). The summed E-state index contributed by atoms with van der Waals surface area (Å²) in [6.07, 6.45) is 5.22. The van der Waals surface area contributed by atoms with E-state index in [1.165, 1.54) is 35.3 Å². The Morgan fingerprint density at radius 1 is 1.00 bits per heavy atom. The third-order valence-corrected chi connectivity index (χ3v) is 12.0. The summed E-state index contributed by atoms with van der Waals surface area (Å²) < 4.78 is 28.4. The number of nitrogens with one attached hydrogen (secondary N) is 3. The quantitative estimate of drug-likeness (QED) is 0.148. The monoisotopic (exact) mass is 734 g/mol. The topological polar surface area (TPSA) is 137 Å². The van der Waals surface area contributed by atoms with Gasteiger partial charge in [-0.05, 0) is 116 Å². The number of sulfonamides is 1. The van der Waals surface area contributed by atoms with Gasteiger partial charge in [-0.2, -0.15) is 0 Å². The molecule has 2 aliphatic heterocycles. The number of nitro groups is 1. The van der Waals surface area contributed by atoms with Gasteiger partial charge < -0.3 is 15.5 Å². The number of halogens is 1. The molecule has 51 heavy (non-hydrogen) atoms. The molecule has 2 saturated heterocycles. The fourth-order valence-corrected chi connectivity index (χ4v) is 8.40. The van der Waals surface area contributed by atoms with E-state index in [9.17, 15) is 23.3 Å². The van der Waals surface area contributed by atoms with E-state index in [-0.39, 0.29) is 27.2 Å². The number of nitro benzene ring substituents is 1. The van der Waals surface area contributed by atoms with Gasteiger partial charge in [0.25, 0.3) is 21.6 Å². The van der Waals surface area contributed by atoms with Crippen molar-refractivity contribution < 1.29 is 18.1 Å². The Morgan fingerprint density at radius 2 is 1.69 bits per heavy atom. The van der Waals surface area contributed by atoms with Crippen LogP contribution >= 0.6 is 11.6 Å². The van der Waals surface area contributed by atoms with Crippen LogP contribution in [0.5, 0.6) is 0 Å². The number of hydrogen-bond acceptors (Lipinski definition) is 9. The van der Waals surface area contributed by atoms with E-state index < -0.39 is 20.9 Å². The van der Waals surface area contributed by atoms with Crippen LogP contribution in [0, 0.1) is 21.4 Å². The van der Waals surface area contributed by atoms with E-state index in [2.05, 4.69) is 51.1 Å². The lowest BCUT2D eigenvalue weighted by Gasteiger charge is -2.39. The molecular formula is C38H47ClN6O5S. The second-order valence-corrected chi connectivity index (χ2v) is 16.8. The number of amides is 1. The van der Waals surface area contributed by atoms with Crippen LogP contribution in [-0.4, -0.2) is 76.5 Å². The SMILES string of the molecule is CC1(C)CCC(CN2CCN(c3ccc(C(=O)NS(=O)(=O)c4ccc(NCC5CCNCC5)c([N+](=O)[O-])c4)cc3)CC2)=C(c2ccc(Cl)cc2)C1. The first-order chi connectivity index (χ1) is 24.4. The highest BCUT2D eigenvalue weighted by atomic mass is 35.5. The number of carbonyl (C=O) groups is 1. The summed E-state index contributed by atoms with van der Waals surface area (Å²) in [5.41, 5.74) is 5.49. The predicted octanol–water partition coefficient (Wildman–Crippen LogP) is 6.56. The number of benzene rings is 3. The molecule has 3 aromatic carbocycles. The van der Waals surface area contributed by atoms with Gasteiger partial charge in [0.1, 0.15) is 5.69 Å². The average Bonchev–Trinajstić information content (AvgIpc) is 3.12. The van der Waals surface area contributed by atoms with Gasteiger partial charge in [-0.15, -0.1) is 0 Å². The van der Waals surface area contributed by atoms with E-state index >= 15 is 0 Å². The van der Waals surface area contributed by atoms with Gasteiger partial charge in [0.05, 0.1) is 9.82 Å². The van der Waals surface area contributed by atoms with Crippen molar-refractivity contribution in [1.82, 2.24) is 14.9 Å². The first kappa shape index (κ1) is 36.8. The minimum Gasteiger partial charge on any atom is -0.379 e. The van der Waals surface area contributed by atoms with Gasteiger partial charge in [-0.25, -0.2) is 13.1 Å². The van der Waals surface area contributed by atoms with Gasteiger partial charge in [-0.1, -0.05) is 43.2 Å². The largest absolute Gasteiger partial charge is 0.379 e. The lowest BCUT2D eigenvalue weighted by atomic mass is 9.72. The molecule has 2 heterocycles. The lowest BCUT2D eigenvalue weighted by Crippen LogP contribution is -2.47. The molecule has 0 unspecified atom stereocenters. The molecule has 0 spiro atoms. The summed E-state index contributed by atoms with van der Waals surface area (Å²) in [5, 5.41) is 19.0. The molecule has 0 atom stereocenters. The molecule has 3 aliphatic rings. The second kappa shape index (κ2) is 15.7. The molecule has 1 amide bonds. The van der Waals surface area contributed by atoms with Crippen molar-refractivity contribution in [2.45, 2.75) is 50.8 Å². The third kappa shape index (κ3) is 9.29. The van der Waals surface area contributed by atoms with Crippen LogP contribution in [0.3, 0.4) is 0 Å². The first-order valence-corrected chi connectivity index (χ1v) is 19.6. The molecule has 0 aromatic heterocycles. The Morgan fingerprint density at radius 3 is 2.35 bits per heavy atom. The fourth-order valence-electron chi connectivity index (χ4n) is 7.28. The normalized spacial score (nSPS) is 18.8. The van der Waals surface area contributed by atoms with Crippen molar-refractivity contribution in [3.63, 3.8) is 0 Å². The Balaban J connectivity index is 1.05. The minimum atomic E-state index is -4.36. The molecule has 13 heteroatoms. The van der Waals surface area contributed by atoms with E-state index in [1.807, 2.05) is 24.3 Å². The minimum absolute atomic E-state index is 0.178. The molecule has 3 aromatic rings. The number of carbonyl (C=O) groups excluding carboxylic acids is 1. The summed E-state index contributed by atoms with van der Waals surface area (Å²) in [5.74, 6) is -0.431. The summed E-state index contributed by atoms with van der Waals surface area (Å²) >= 11 is 6.18. The molecular weight excluding hydrogens is 688 g/mol. The number of hydrogen-bond donors (Lipinski definition) is 3. The number of rotatable bonds is 11. The summed E-state index contributed by atoms with van der Waals surface area (Å²) in [6, 6.07) is 18.7. The molecule has 272 valence electrons. The van der Waals surface area contributed by atoms with Crippen molar-refractivity contribution in [2.75, 3.05) is 62.6 Å². The van der Waals surface area contributed by atoms with Crippen LogP contribution < -0.4 is 20.3 Å². The van der Waals surface area contributed by atoms with Gasteiger partial charge in [0.2, 0.25) is 0 Å². The maximum atomic E-state index is 13.1. The van der Waals surface area contributed by atoms with E-state index in [0.717, 1.165) is 88.3 Å². The Kier molecular flexibility index (Phi) is 11.4. The van der Waals surface area contributed by atoms with Gasteiger partial charge in [0.15, 0.2) is 0 Å². The second-order valence-electron chi connectivity index (χ2n) is 14.7. The molecule has 0 bridgehead atoms. The molecule has 3 N–H and O–H groups in total. The van der Waals surface area contributed by atoms with E-state index in [1.54, 1.807) is 12.1 Å². The molecule has 2 fully saturated rings. The predicted molar refractivity (Wildman–Crippen MR) is 203 cm³/mol. The van der Waals surface area contributed by atoms with Crippen LogP contribution in [0.4, 0.5) is 17.1 Å². The number of nitrogens with zero attached hydrogens (tertiary/aromatic N) is 3. The highest BCUT2D eigenvalue weighted by Crippen LogP contribution is 2.43. The first-order valence-electron chi connectivity index (χ1n) is 17.7. The van der Waals surface area contributed by atoms with Crippen molar-refractivity contribution in [1.29, 1.82) is 0 Å². The Bertz CT molecular complexity index is 1870. The Labute approximate surface area is 305 Å². The van der Waals surface area contributed by atoms with Crippen LogP contribution in [0.2, 0.25) is 5.02 Å². The van der Waals surface area contributed by atoms with Crippen molar-refractivity contribution in [3.05, 3.63) is 98.6 Å². The zero-order valence-corrected chi connectivity index (χ0v) is 30.9. The van der Waals surface area contributed by atoms with Crippen molar-refractivity contribution in [2.24, 2.45) is 11.3 Å².